The van der Waals surface area contributed by atoms with E-state index in [1.807, 2.05) is 24.3 Å². The summed E-state index contributed by atoms with van der Waals surface area (Å²) in [6, 6.07) is 5.85. The van der Waals surface area contributed by atoms with Gasteiger partial charge in [-0.3, -0.25) is 0 Å². The van der Waals surface area contributed by atoms with Gasteiger partial charge in [0.05, 0.1) is 13.2 Å². The van der Waals surface area contributed by atoms with Crippen LogP contribution in [-0.4, -0.2) is 13.4 Å². The van der Waals surface area contributed by atoms with Crippen LogP contribution >= 0.6 is 0 Å². The highest BCUT2D eigenvalue weighted by atomic mass is 16.7. The smallest absolute Gasteiger partial charge is 0.231 e. The van der Waals surface area contributed by atoms with Crippen LogP contribution in [0.4, 0.5) is 0 Å². The highest BCUT2D eigenvalue weighted by molar-refractivity contribution is 5.44. The van der Waals surface area contributed by atoms with Gasteiger partial charge in [-0.2, -0.15) is 0 Å². The predicted molar refractivity (Wildman–Crippen MR) is 57.0 cm³/mol. The molecular weight excluding hydrogens is 192 g/mol. The van der Waals surface area contributed by atoms with Gasteiger partial charge < -0.3 is 14.2 Å². The summed E-state index contributed by atoms with van der Waals surface area (Å²) in [5, 5.41) is 0. The predicted octanol–water partition coefficient (Wildman–Crippen LogP) is 2.51. The molecule has 3 nitrogen and oxygen atoms in total. The molecule has 1 aliphatic heterocycles. The van der Waals surface area contributed by atoms with Crippen molar-refractivity contribution in [2.75, 3.05) is 13.4 Å². The SMILES string of the molecule is C=CCCOCc1ccc2c(c1)OCO2. The number of ether oxygens (including phenoxy) is 3. The van der Waals surface area contributed by atoms with Gasteiger partial charge in [-0.15, -0.1) is 6.58 Å². The molecule has 1 aromatic carbocycles. The van der Waals surface area contributed by atoms with E-state index in [1.54, 1.807) is 0 Å². The van der Waals surface area contributed by atoms with E-state index in [0.29, 0.717) is 20.0 Å². The van der Waals surface area contributed by atoms with E-state index >= 15 is 0 Å². The minimum Gasteiger partial charge on any atom is -0.454 e. The van der Waals surface area contributed by atoms with Crippen molar-refractivity contribution in [3.63, 3.8) is 0 Å². The second kappa shape index (κ2) is 4.84. The fourth-order valence-corrected chi connectivity index (χ4v) is 1.39. The Morgan fingerprint density at radius 3 is 3.07 bits per heavy atom. The lowest BCUT2D eigenvalue weighted by Crippen LogP contribution is -1.94. The molecule has 0 bridgehead atoms. The van der Waals surface area contributed by atoms with Crippen molar-refractivity contribution in [1.29, 1.82) is 0 Å². The summed E-state index contributed by atoms with van der Waals surface area (Å²) in [7, 11) is 0. The second-order valence-corrected chi connectivity index (χ2v) is 3.32. The van der Waals surface area contributed by atoms with Gasteiger partial charge in [-0.1, -0.05) is 12.1 Å². The molecule has 1 aliphatic rings. The molecule has 80 valence electrons. The monoisotopic (exact) mass is 206 g/mol. The summed E-state index contributed by atoms with van der Waals surface area (Å²) in [6.07, 6.45) is 2.73. The molecule has 0 amide bonds. The molecule has 3 heteroatoms. The van der Waals surface area contributed by atoms with Crippen LogP contribution in [0.2, 0.25) is 0 Å². The summed E-state index contributed by atoms with van der Waals surface area (Å²) in [4.78, 5) is 0. The molecule has 0 radical (unpaired) electrons. The summed E-state index contributed by atoms with van der Waals surface area (Å²) in [5.41, 5.74) is 1.10. The van der Waals surface area contributed by atoms with Crippen molar-refractivity contribution in [2.45, 2.75) is 13.0 Å². The Hall–Kier alpha value is -1.48. The summed E-state index contributed by atoms with van der Waals surface area (Å²) < 4.78 is 15.9. The van der Waals surface area contributed by atoms with Gasteiger partial charge in [0, 0.05) is 0 Å². The minimum atomic E-state index is 0.316. The van der Waals surface area contributed by atoms with E-state index in [0.717, 1.165) is 23.5 Å². The van der Waals surface area contributed by atoms with Crippen LogP contribution in [-0.2, 0) is 11.3 Å². The van der Waals surface area contributed by atoms with E-state index in [9.17, 15) is 0 Å². The highest BCUT2D eigenvalue weighted by Crippen LogP contribution is 2.32. The fraction of sp³-hybridized carbons (Fsp3) is 0.333. The largest absolute Gasteiger partial charge is 0.454 e. The van der Waals surface area contributed by atoms with E-state index < -0.39 is 0 Å². The van der Waals surface area contributed by atoms with E-state index in [2.05, 4.69) is 6.58 Å². The van der Waals surface area contributed by atoms with Gasteiger partial charge in [-0.25, -0.2) is 0 Å². The van der Waals surface area contributed by atoms with Gasteiger partial charge in [-0.05, 0) is 24.1 Å². The molecule has 15 heavy (non-hydrogen) atoms. The summed E-state index contributed by atoms with van der Waals surface area (Å²) in [6.45, 7) is 5.26. The maximum absolute atomic E-state index is 5.45. The number of hydrogen-bond acceptors (Lipinski definition) is 3. The topological polar surface area (TPSA) is 27.7 Å². The van der Waals surface area contributed by atoms with Crippen LogP contribution < -0.4 is 9.47 Å². The maximum Gasteiger partial charge on any atom is 0.231 e. The summed E-state index contributed by atoms with van der Waals surface area (Å²) in [5.74, 6) is 1.62. The van der Waals surface area contributed by atoms with Crippen molar-refractivity contribution >= 4 is 0 Å². The molecule has 0 atom stereocenters. The summed E-state index contributed by atoms with van der Waals surface area (Å²) >= 11 is 0. The first-order valence-electron chi connectivity index (χ1n) is 4.97. The first kappa shape index (κ1) is 10.1. The molecule has 0 aliphatic carbocycles. The number of rotatable bonds is 5. The Bertz CT molecular complexity index is 347. The molecule has 0 aromatic heterocycles. The highest BCUT2D eigenvalue weighted by Gasteiger charge is 2.12. The Labute approximate surface area is 89.3 Å². The lowest BCUT2D eigenvalue weighted by atomic mass is 10.2. The van der Waals surface area contributed by atoms with Gasteiger partial charge >= 0.3 is 0 Å². The van der Waals surface area contributed by atoms with Crippen molar-refractivity contribution in [2.24, 2.45) is 0 Å². The zero-order valence-electron chi connectivity index (χ0n) is 8.57. The molecule has 0 N–H and O–H groups in total. The first-order chi connectivity index (χ1) is 7.40. The van der Waals surface area contributed by atoms with Crippen molar-refractivity contribution in [3.8, 4) is 11.5 Å². The zero-order valence-corrected chi connectivity index (χ0v) is 8.57. The maximum atomic E-state index is 5.45. The Balaban J connectivity index is 1.89. The van der Waals surface area contributed by atoms with Crippen LogP contribution in [0.1, 0.15) is 12.0 Å². The van der Waals surface area contributed by atoms with Gasteiger partial charge in [0.25, 0.3) is 0 Å². The van der Waals surface area contributed by atoms with Crippen molar-refractivity contribution in [1.82, 2.24) is 0 Å². The fourth-order valence-electron chi connectivity index (χ4n) is 1.39. The van der Waals surface area contributed by atoms with Crippen LogP contribution in [0.3, 0.4) is 0 Å². The molecule has 0 unspecified atom stereocenters. The quantitative estimate of drug-likeness (QED) is 0.547. The number of benzene rings is 1. The molecule has 2 rings (SSSR count). The van der Waals surface area contributed by atoms with Gasteiger partial charge in [0.15, 0.2) is 11.5 Å². The Kier molecular flexibility index (Phi) is 3.25. The second-order valence-electron chi connectivity index (χ2n) is 3.32. The van der Waals surface area contributed by atoms with Gasteiger partial charge in [0.1, 0.15) is 0 Å². The minimum absolute atomic E-state index is 0.316. The third-order valence-corrected chi connectivity index (χ3v) is 2.17. The average molecular weight is 206 g/mol. The lowest BCUT2D eigenvalue weighted by molar-refractivity contribution is 0.125. The molecular formula is C12H14O3. The third kappa shape index (κ3) is 2.50. The molecule has 1 heterocycles. The van der Waals surface area contributed by atoms with Crippen molar-refractivity contribution in [3.05, 3.63) is 36.4 Å². The zero-order chi connectivity index (χ0) is 10.5. The van der Waals surface area contributed by atoms with E-state index in [4.69, 9.17) is 14.2 Å². The molecule has 1 aromatic rings. The van der Waals surface area contributed by atoms with Crippen LogP contribution in [0.5, 0.6) is 11.5 Å². The third-order valence-electron chi connectivity index (χ3n) is 2.17. The first-order valence-corrected chi connectivity index (χ1v) is 4.97. The Morgan fingerprint density at radius 1 is 1.33 bits per heavy atom. The standard InChI is InChI=1S/C12H14O3/c1-2-3-6-13-8-10-4-5-11-12(7-10)15-9-14-11/h2,4-5,7H,1,3,6,8-9H2. The molecule has 0 saturated heterocycles. The lowest BCUT2D eigenvalue weighted by Gasteiger charge is -2.03. The molecule has 0 saturated carbocycles. The van der Waals surface area contributed by atoms with Gasteiger partial charge in [0.2, 0.25) is 6.79 Å². The van der Waals surface area contributed by atoms with Crippen LogP contribution in [0.15, 0.2) is 30.9 Å². The number of fused-ring (bicyclic) bond motifs is 1. The van der Waals surface area contributed by atoms with Crippen LogP contribution in [0.25, 0.3) is 0 Å². The average Bonchev–Trinajstić information content (AvgIpc) is 2.71. The van der Waals surface area contributed by atoms with Crippen LogP contribution in [0, 0.1) is 0 Å². The van der Waals surface area contributed by atoms with E-state index in [-0.39, 0.29) is 0 Å². The van der Waals surface area contributed by atoms with E-state index in [1.165, 1.54) is 0 Å². The van der Waals surface area contributed by atoms with Crippen molar-refractivity contribution < 1.29 is 14.2 Å². The Morgan fingerprint density at radius 2 is 2.20 bits per heavy atom. The molecule has 0 spiro atoms. The normalized spacial score (nSPS) is 12.8. The molecule has 0 fully saturated rings. The number of hydrogen-bond donors (Lipinski definition) is 0.